The number of imide groups is 1. The molecule has 3 saturated heterocycles. The van der Waals surface area contributed by atoms with E-state index in [0.717, 1.165) is 92.7 Å². The lowest BCUT2D eigenvalue weighted by Crippen LogP contribution is -2.60. The van der Waals surface area contributed by atoms with E-state index in [1.54, 1.807) is 30.1 Å². The van der Waals surface area contributed by atoms with E-state index in [1.165, 1.54) is 0 Å². The van der Waals surface area contributed by atoms with Crippen LogP contribution in [0.1, 0.15) is 83.8 Å². The van der Waals surface area contributed by atoms with Gasteiger partial charge in [0, 0.05) is 87.5 Å². The van der Waals surface area contributed by atoms with E-state index >= 15 is 0 Å². The molecule has 14 heteroatoms. The van der Waals surface area contributed by atoms with Crippen molar-refractivity contribution in [3.05, 3.63) is 65.6 Å². The molecule has 2 N–H and O–H groups in total. The molecule has 4 aliphatic heterocycles. The number of hydrogen-bond acceptors (Lipinski definition) is 10. The summed E-state index contributed by atoms with van der Waals surface area (Å²) < 4.78 is 2.12. The molecule has 1 unspecified atom stereocenters. The van der Waals surface area contributed by atoms with Gasteiger partial charge in [0.05, 0.1) is 11.9 Å². The first-order chi connectivity index (χ1) is 25.6. The van der Waals surface area contributed by atoms with Gasteiger partial charge in [-0.3, -0.25) is 24.5 Å². The zero-order valence-electron chi connectivity index (χ0n) is 30.2. The maximum absolute atomic E-state index is 13.1. The van der Waals surface area contributed by atoms with Gasteiger partial charge in [0.2, 0.25) is 17.8 Å². The number of nitrogens with zero attached hydrogens (tertiary/aromatic N) is 8. The number of carbonyl (C=O) groups excluding carboxylic acids is 4. The van der Waals surface area contributed by atoms with Crippen LogP contribution in [0.3, 0.4) is 0 Å². The van der Waals surface area contributed by atoms with E-state index in [-0.39, 0.29) is 41.5 Å². The Bertz CT molecular complexity index is 2120. The molecule has 3 aromatic heterocycles. The summed E-state index contributed by atoms with van der Waals surface area (Å²) in [5.74, 6) is 0.286. The smallest absolute Gasteiger partial charge is 0.270 e. The van der Waals surface area contributed by atoms with Crippen LogP contribution in [0.4, 0.5) is 23.1 Å². The van der Waals surface area contributed by atoms with Crippen LogP contribution < -0.4 is 20.4 Å². The lowest BCUT2D eigenvalue weighted by Gasteiger charge is -2.55. The number of nitrogens with one attached hydrogen (secondary N) is 2. The van der Waals surface area contributed by atoms with Crippen LogP contribution in [-0.4, -0.2) is 99.3 Å². The summed E-state index contributed by atoms with van der Waals surface area (Å²) in [7, 11) is 3.56. The van der Waals surface area contributed by atoms with Crippen molar-refractivity contribution in [1.29, 1.82) is 0 Å². The standard InChI is InChI=1S/C39H44N10O4/c1-45(2)37(53)31-18-24-19-41-38(44-34(24)49(31)26-5-3-4-6-26)42-32-11-8-28(20-40-32)46-15-13-39(14-16-46)22-47(23-39)27-7-9-29-25(17-27)21-48(36(29)52)30-10-12-33(50)43-35(30)51/h7-9,11,17-20,26,30H,3-6,10,12-16,21-23H2,1-2H3,(H,43,50,51)(H,40,41,42,44). The molecule has 1 saturated carbocycles. The quantitative estimate of drug-likeness (QED) is 0.266. The van der Waals surface area contributed by atoms with E-state index in [9.17, 15) is 19.2 Å². The van der Waals surface area contributed by atoms with Crippen molar-refractivity contribution in [3.63, 3.8) is 0 Å². The minimum Gasteiger partial charge on any atom is -0.370 e. The molecule has 0 radical (unpaired) electrons. The molecular weight excluding hydrogens is 672 g/mol. The molecule has 53 heavy (non-hydrogen) atoms. The Morgan fingerprint density at radius 2 is 1.70 bits per heavy atom. The average Bonchev–Trinajstić information content (AvgIpc) is 3.88. The number of rotatable bonds is 7. The third-order valence-corrected chi connectivity index (χ3v) is 12.0. The molecule has 1 aromatic carbocycles. The SMILES string of the molecule is CN(C)C(=O)c1cc2cnc(Nc3ccc(N4CCC5(CC4)CN(c4ccc6c(c4)CN(C4CCC(=O)NC4=O)C6=O)C5)cn3)nc2n1C1CCCC1. The van der Waals surface area contributed by atoms with Crippen molar-refractivity contribution in [1.82, 2.24) is 34.6 Å². The highest BCUT2D eigenvalue weighted by Crippen LogP contribution is 2.44. The molecule has 4 amide bonds. The van der Waals surface area contributed by atoms with Crippen LogP contribution in [0.5, 0.6) is 0 Å². The molecule has 9 rings (SSSR count). The van der Waals surface area contributed by atoms with Crippen molar-refractivity contribution in [2.24, 2.45) is 5.41 Å². The Hall–Kier alpha value is -5.53. The van der Waals surface area contributed by atoms with Crippen molar-refractivity contribution >= 4 is 57.8 Å². The van der Waals surface area contributed by atoms with Gasteiger partial charge in [0.25, 0.3) is 11.8 Å². The predicted molar refractivity (Wildman–Crippen MR) is 199 cm³/mol. The molecule has 4 aromatic rings. The number of pyridine rings is 1. The molecule has 1 aliphatic carbocycles. The Morgan fingerprint density at radius 1 is 0.925 bits per heavy atom. The minimum atomic E-state index is -0.601. The van der Waals surface area contributed by atoms with E-state index in [4.69, 9.17) is 9.97 Å². The molecular formula is C39H44N10O4. The number of benzene rings is 1. The molecule has 1 atom stereocenters. The van der Waals surface area contributed by atoms with Gasteiger partial charge in [0.1, 0.15) is 23.2 Å². The monoisotopic (exact) mass is 716 g/mol. The van der Waals surface area contributed by atoms with Crippen LogP contribution >= 0.6 is 0 Å². The van der Waals surface area contributed by atoms with Crippen molar-refractivity contribution < 1.29 is 19.2 Å². The van der Waals surface area contributed by atoms with Gasteiger partial charge in [-0.25, -0.2) is 9.97 Å². The average molecular weight is 717 g/mol. The summed E-state index contributed by atoms with van der Waals surface area (Å²) in [6, 6.07) is 11.6. The second-order valence-corrected chi connectivity index (χ2v) is 15.6. The van der Waals surface area contributed by atoms with Gasteiger partial charge in [-0.2, -0.15) is 4.98 Å². The van der Waals surface area contributed by atoms with Gasteiger partial charge < -0.3 is 29.5 Å². The summed E-state index contributed by atoms with van der Waals surface area (Å²) in [6.07, 6.45) is 10.9. The van der Waals surface area contributed by atoms with Gasteiger partial charge in [-0.1, -0.05) is 12.8 Å². The molecule has 14 nitrogen and oxygen atoms in total. The van der Waals surface area contributed by atoms with Gasteiger partial charge in [-0.15, -0.1) is 0 Å². The third kappa shape index (κ3) is 5.93. The van der Waals surface area contributed by atoms with Gasteiger partial charge in [0.15, 0.2) is 0 Å². The Kier molecular flexibility index (Phi) is 8.08. The van der Waals surface area contributed by atoms with Crippen LogP contribution in [0.15, 0.2) is 48.8 Å². The maximum atomic E-state index is 13.1. The number of piperidine rings is 2. The van der Waals surface area contributed by atoms with Crippen LogP contribution in [-0.2, 0) is 16.1 Å². The molecule has 0 bridgehead atoms. The summed E-state index contributed by atoms with van der Waals surface area (Å²) in [4.78, 5) is 72.4. The van der Waals surface area contributed by atoms with E-state index < -0.39 is 6.04 Å². The highest BCUT2D eigenvalue weighted by molar-refractivity contribution is 6.05. The summed E-state index contributed by atoms with van der Waals surface area (Å²) in [5.41, 5.74) is 5.48. The lowest BCUT2D eigenvalue weighted by atomic mass is 9.71. The number of anilines is 4. The number of fused-ring (bicyclic) bond motifs is 2. The van der Waals surface area contributed by atoms with E-state index in [1.807, 2.05) is 30.5 Å². The fourth-order valence-corrected chi connectivity index (χ4v) is 9.01. The van der Waals surface area contributed by atoms with Crippen molar-refractivity contribution in [2.75, 3.05) is 55.4 Å². The number of amides is 4. The molecule has 5 aliphatic rings. The highest BCUT2D eigenvalue weighted by Gasteiger charge is 2.46. The summed E-state index contributed by atoms with van der Waals surface area (Å²) in [5, 5.41) is 6.51. The number of carbonyl (C=O) groups is 4. The van der Waals surface area contributed by atoms with Crippen molar-refractivity contribution in [3.8, 4) is 0 Å². The zero-order valence-corrected chi connectivity index (χ0v) is 30.2. The molecule has 4 fully saturated rings. The van der Waals surface area contributed by atoms with Crippen LogP contribution in [0.2, 0.25) is 0 Å². The van der Waals surface area contributed by atoms with Gasteiger partial charge in [-0.05, 0) is 74.1 Å². The molecule has 7 heterocycles. The van der Waals surface area contributed by atoms with Crippen molar-refractivity contribution in [2.45, 2.75) is 70.0 Å². The topological polar surface area (TPSA) is 149 Å². The lowest BCUT2D eigenvalue weighted by molar-refractivity contribution is -0.136. The largest absolute Gasteiger partial charge is 0.370 e. The van der Waals surface area contributed by atoms with Crippen LogP contribution in [0.25, 0.3) is 11.0 Å². The third-order valence-electron chi connectivity index (χ3n) is 12.0. The van der Waals surface area contributed by atoms with E-state index in [2.05, 4.69) is 42.1 Å². The molecule has 274 valence electrons. The maximum Gasteiger partial charge on any atom is 0.270 e. The first kappa shape index (κ1) is 33.3. The minimum absolute atomic E-state index is 0.0284. The first-order valence-corrected chi connectivity index (χ1v) is 18.7. The molecule has 1 spiro atoms. The fraction of sp³-hybridized carbons (Fsp3) is 0.462. The Labute approximate surface area is 307 Å². The summed E-state index contributed by atoms with van der Waals surface area (Å²) in [6.45, 7) is 4.25. The summed E-state index contributed by atoms with van der Waals surface area (Å²) >= 11 is 0. The first-order valence-electron chi connectivity index (χ1n) is 18.7. The van der Waals surface area contributed by atoms with Crippen LogP contribution in [0, 0.1) is 5.41 Å². The zero-order chi connectivity index (χ0) is 36.4. The Balaban J connectivity index is 0.812. The normalized spacial score (nSPS) is 21.3. The second kappa shape index (κ2) is 12.8. The fourth-order valence-electron chi connectivity index (χ4n) is 9.01. The number of aromatic nitrogens is 4. The second-order valence-electron chi connectivity index (χ2n) is 15.6. The predicted octanol–water partition coefficient (Wildman–Crippen LogP) is 4.25. The van der Waals surface area contributed by atoms with E-state index in [0.29, 0.717) is 36.0 Å². The highest BCUT2D eigenvalue weighted by atomic mass is 16.2. The van der Waals surface area contributed by atoms with Gasteiger partial charge >= 0.3 is 0 Å². The Morgan fingerprint density at radius 3 is 2.42 bits per heavy atom. The number of hydrogen-bond donors (Lipinski definition) is 2.